The number of para-hydroxylation sites is 1. The molecule has 0 fully saturated rings. The quantitative estimate of drug-likeness (QED) is 0.935. The number of rotatable bonds is 3. The van der Waals surface area contributed by atoms with Gasteiger partial charge in [-0.1, -0.05) is 18.2 Å². The zero-order valence-corrected chi connectivity index (χ0v) is 12.1. The predicted octanol–water partition coefficient (Wildman–Crippen LogP) is 1.60. The van der Waals surface area contributed by atoms with Crippen LogP contribution in [-0.2, 0) is 16.4 Å². The minimum Gasteiger partial charge on any atom is -0.365 e. The monoisotopic (exact) mass is 308 g/mol. The van der Waals surface area contributed by atoms with Crippen LogP contribution in [0.5, 0.6) is 0 Å². The molecule has 0 spiro atoms. The molecule has 0 atom stereocenters. The van der Waals surface area contributed by atoms with Crippen LogP contribution in [-0.4, -0.2) is 20.9 Å². The van der Waals surface area contributed by atoms with Crippen molar-refractivity contribution < 1.29 is 13.2 Å². The lowest BCUT2D eigenvalue weighted by molar-refractivity contribution is 0.100. The van der Waals surface area contributed by atoms with E-state index in [4.69, 9.17) is 5.73 Å². The molecule has 7 heteroatoms. The molecule has 1 aromatic heterocycles. The van der Waals surface area contributed by atoms with Crippen LogP contribution in [0.1, 0.15) is 15.2 Å². The van der Waals surface area contributed by atoms with Gasteiger partial charge in [-0.25, -0.2) is 8.42 Å². The van der Waals surface area contributed by atoms with Gasteiger partial charge in [-0.05, 0) is 24.1 Å². The molecule has 2 N–H and O–H groups in total. The Morgan fingerprint density at radius 3 is 2.75 bits per heavy atom. The van der Waals surface area contributed by atoms with Crippen molar-refractivity contribution in [2.24, 2.45) is 5.73 Å². The summed E-state index contributed by atoms with van der Waals surface area (Å²) in [7, 11) is -3.63. The maximum Gasteiger partial charge on any atom is 0.265 e. The third-order valence-corrected chi connectivity index (χ3v) is 6.14. The first-order chi connectivity index (χ1) is 9.50. The van der Waals surface area contributed by atoms with Crippen molar-refractivity contribution >= 4 is 33.0 Å². The summed E-state index contributed by atoms with van der Waals surface area (Å²) in [6.45, 7) is 0.420. The van der Waals surface area contributed by atoms with E-state index in [2.05, 4.69) is 0 Å². The molecule has 0 radical (unpaired) electrons. The third kappa shape index (κ3) is 1.99. The minimum absolute atomic E-state index is 0.119. The predicted molar refractivity (Wildman–Crippen MR) is 77.5 cm³/mol. The number of amides is 1. The van der Waals surface area contributed by atoms with Crippen molar-refractivity contribution in [3.8, 4) is 0 Å². The molecular weight excluding hydrogens is 296 g/mol. The van der Waals surface area contributed by atoms with E-state index in [1.54, 1.807) is 6.07 Å². The molecule has 5 nitrogen and oxygen atoms in total. The van der Waals surface area contributed by atoms with Gasteiger partial charge in [-0.15, -0.1) is 11.3 Å². The summed E-state index contributed by atoms with van der Waals surface area (Å²) in [6.07, 6.45) is 0.697. The standard InChI is InChI=1S/C13H12N2O3S2/c14-13(16)12-7-10(8-19-12)20(17,18)15-6-5-9-3-1-2-4-11(9)15/h1-4,7-8H,5-6H2,(H2,14,16). The van der Waals surface area contributed by atoms with Gasteiger partial charge in [-0.2, -0.15) is 0 Å². The average molecular weight is 308 g/mol. The van der Waals surface area contributed by atoms with E-state index >= 15 is 0 Å². The largest absolute Gasteiger partial charge is 0.365 e. The fraction of sp³-hybridized carbons (Fsp3) is 0.154. The van der Waals surface area contributed by atoms with Gasteiger partial charge in [0, 0.05) is 11.9 Å². The highest BCUT2D eigenvalue weighted by atomic mass is 32.2. The van der Waals surface area contributed by atoms with E-state index in [0.29, 0.717) is 18.7 Å². The van der Waals surface area contributed by atoms with Crippen molar-refractivity contribution in [3.63, 3.8) is 0 Å². The van der Waals surface area contributed by atoms with Gasteiger partial charge < -0.3 is 5.73 Å². The number of nitrogens with two attached hydrogens (primary N) is 1. The Balaban J connectivity index is 2.03. The second-order valence-electron chi connectivity index (χ2n) is 4.47. The number of hydrogen-bond acceptors (Lipinski definition) is 4. The number of carbonyl (C=O) groups is 1. The Labute approximate surface area is 120 Å². The summed E-state index contributed by atoms with van der Waals surface area (Å²) in [4.78, 5) is 11.4. The van der Waals surface area contributed by atoms with Gasteiger partial charge in [-0.3, -0.25) is 9.10 Å². The Bertz CT molecular complexity index is 780. The van der Waals surface area contributed by atoms with E-state index in [9.17, 15) is 13.2 Å². The summed E-state index contributed by atoms with van der Waals surface area (Å²) < 4.78 is 26.6. The molecule has 1 aliphatic heterocycles. The lowest BCUT2D eigenvalue weighted by Gasteiger charge is -2.18. The topological polar surface area (TPSA) is 80.5 Å². The molecule has 0 bridgehead atoms. The second kappa shape index (κ2) is 4.60. The Kier molecular flexibility index (Phi) is 3.02. The van der Waals surface area contributed by atoms with E-state index in [0.717, 1.165) is 16.9 Å². The van der Waals surface area contributed by atoms with Crippen LogP contribution >= 0.6 is 11.3 Å². The van der Waals surface area contributed by atoms with E-state index in [-0.39, 0.29) is 9.77 Å². The first kappa shape index (κ1) is 13.1. The second-order valence-corrected chi connectivity index (χ2v) is 7.24. The van der Waals surface area contributed by atoms with Crippen LogP contribution in [0, 0.1) is 0 Å². The van der Waals surface area contributed by atoms with Gasteiger partial charge in [0.15, 0.2) is 0 Å². The highest BCUT2D eigenvalue weighted by molar-refractivity contribution is 7.93. The Morgan fingerprint density at radius 1 is 1.30 bits per heavy atom. The summed E-state index contributed by atoms with van der Waals surface area (Å²) in [5.41, 5.74) is 6.89. The fourth-order valence-electron chi connectivity index (χ4n) is 2.27. The van der Waals surface area contributed by atoms with Gasteiger partial charge >= 0.3 is 0 Å². The number of carbonyl (C=O) groups excluding carboxylic acids is 1. The van der Waals surface area contributed by atoms with Crippen molar-refractivity contribution in [1.82, 2.24) is 0 Å². The van der Waals surface area contributed by atoms with Crippen LogP contribution in [0.2, 0.25) is 0 Å². The molecule has 104 valence electrons. The lowest BCUT2D eigenvalue weighted by atomic mass is 10.2. The molecule has 1 aromatic carbocycles. The van der Waals surface area contributed by atoms with Crippen molar-refractivity contribution in [2.75, 3.05) is 10.8 Å². The number of primary amides is 1. The smallest absolute Gasteiger partial charge is 0.265 e. The van der Waals surface area contributed by atoms with Crippen molar-refractivity contribution in [3.05, 3.63) is 46.2 Å². The van der Waals surface area contributed by atoms with Gasteiger partial charge in [0.1, 0.15) is 0 Å². The molecular formula is C13H12N2O3S2. The molecule has 2 heterocycles. The first-order valence-electron chi connectivity index (χ1n) is 5.99. The normalized spacial score (nSPS) is 14.3. The zero-order valence-electron chi connectivity index (χ0n) is 10.4. The van der Waals surface area contributed by atoms with Crippen LogP contribution in [0.25, 0.3) is 0 Å². The van der Waals surface area contributed by atoms with Gasteiger partial charge in [0.05, 0.1) is 15.5 Å². The van der Waals surface area contributed by atoms with Gasteiger partial charge in [0.25, 0.3) is 15.9 Å². The summed E-state index contributed by atoms with van der Waals surface area (Å²) in [5, 5.41) is 1.45. The van der Waals surface area contributed by atoms with E-state index in [1.807, 2.05) is 18.2 Å². The van der Waals surface area contributed by atoms with Crippen LogP contribution in [0.3, 0.4) is 0 Å². The lowest BCUT2D eigenvalue weighted by Crippen LogP contribution is -2.28. The molecule has 2 aromatic rings. The maximum atomic E-state index is 12.6. The maximum absolute atomic E-state index is 12.6. The zero-order chi connectivity index (χ0) is 14.3. The minimum atomic E-state index is -3.63. The molecule has 0 saturated heterocycles. The summed E-state index contributed by atoms with van der Waals surface area (Å²) in [6, 6.07) is 8.76. The number of nitrogens with zero attached hydrogens (tertiary/aromatic N) is 1. The number of sulfonamides is 1. The average Bonchev–Trinajstić information content (AvgIpc) is 3.06. The molecule has 3 rings (SSSR count). The van der Waals surface area contributed by atoms with Gasteiger partial charge in [0.2, 0.25) is 0 Å². The highest BCUT2D eigenvalue weighted by Gasteiger charge is 2.31. The van der Waals surface area contributed by atoms with E-state index in [1.165, 1.54) is 15.8 Å². The third-order valence-electron chi connectivity index (χ3n) is 3.25. The van der Waals surface area contributed by atoms with Crippen molar-refractivity contribution in [2.45, 2.75) is 11.3 Å². The number of fused-ring (bicyclic) bond motifs is 1. The first-order valence-corrected chi connectivity index (χ1v) is 8.31. The summed E-state index contributed by atoms with van der Waals surface area (Å²) >= 11 is 1.04. The molecule has 1 aliphatic rings. The highest BCUT2D eigenvalue weighted by Crippen LogP contribution is 2.33. The van der Waals surface area contributed by atoms with Crippen LogP contribution in [0.4, 0.5) is 5.69 Å². The Hall–Kier alpha value is -1.86. The SMILES string of the molecule is NC(=O)c1cc(S(=O)(=O)N2CCc3ccccc32)cs1. The Morgan fingerprint density at radius 2 is 2.05 bits per heavy atom. The number of anilines is 1. The van der Waals surface area contributed by atoms with E-state index < -0.39 is 15.9 Å². The molecule has 0 unspecified atom stereocenters. The molecule has 1 amide bonds. The van der Waals surface area contributed by atoms with Crippen molar-refractivity contribution in [1.29, 1.82) is 0 Å². The van der Waals surface area contributed by atoms with Crippen LogP contribution in [0.15, 0.2) is 40.6 Å². The molecule has 0 saturated carbocycles. The number of hydrogen-bond donors (Lipinski definition) is 1. The molecule has 20 heavy (non-hydrogen) atoms. The van der Waals surface area contributed by atoms with Crippen LogP contribution < -0.4 is 10.0 Å². The summed E-state index contributed by atoms with van der Waals surface area (Å²) in [5.74, 6) is -0.613. The number of thiophene rings is 1. The molecule has 0 aliphatic carbocycles. The fourth-order valence-corrected chi connectivity index (χ4v) is 4.89. The number of benzene rings is 1.